The lowest BCUT2D eigenvalue weighted by Gasteiger charge is -2.26. The van der Waals surface area contributed by atoms with E-state index in [2.05, 4.69) is 5.32 Å². The smallest absolute Gasteiger partial charge is 0.249 e. The van der Waals surface area contributed by atoms with E-state index in [0.29, 0.717) is 34.6 Å². The molecule has 114 valence electrons. The van der Waals surface area contributed by atoms with Gasteiger partial charge in [-0.1, -0.05) is 37.0 Å². The Morgan fingerprint density at radius 2 is 2.05 bits per heavy atom. The molecule has 1 aliphatic heterocycles. The second-order valence-corrected chi connectivity index (χ2v) is 6.43. The summed E-state index contributed by atoms with van der Waals surface area (Å²) in [6.45, 7) is 4.33. The molecule has 0 spiro atoms. The fourth-order valence-electron chi connectivity index (χ4n) is 2.40. The van der Waals surface area contributed by atoms with Crippen LogP contribution in [-0.4, -0.2) is 24.4 Å². The number of rotatable bonds is 3. The van der Waals surface area contributed by atoms with E-state index in [9.17, 15) is 9.59 Å². The minimum atomic E-state index is -0.518. The van der Waals surface area contributed by atoms with E-state index in [4.69, 9.17) is 23.2 Å². The molecule has 1 fully saturated rings. The second-order valence-electron chi connectivity index (χ2n) is 5.59. The van der Waals surface area contributed by atoms with Crippen LogP contribution in [0.1, 0.15) is 26.7 Å². The molecule has 1 N–H and O–H groups in total. The lowest BCUT2D eigenvalue weighted by Crippen LogP contribution is -2.45. The van der Waals surface area contributed by atoms with Gasteiger partial charge in [0.15, 0.2) is 0 Å². The summed E-state index contributed by atoms with van der Waals surface area (Å²) in [6.07, 6.45) is 0.850. The van der Waals surface area contributed by atoms with Crippen molar-refractivity contribution < 1.29 is 9.59 Å². The van der Waals surface area contributed by atoms with Crippen LogP contribution in [0, 0.1) is 5.92 Å². The zero-order chi connectivity index (χ0) is 15.6. The number of hydrogen-bond acceptors (Lipinski definition) is 2. The predicted molar refractivity (Wildman–Crippen MR) is 84.8 cm³/mol. The van der Waals surface area contributed by atoms with E-state index in [1.807, 2.05) is 13.8 Å². The normalized spacial score (nSPS) is 19.7. The predicted octanol–water partition coefficient (Wildman–Crippen LogP) is 3.26. The molecule has 1 aliphatic rings. The topological polar surface area (TPSA) is 49.4 Å². The Morgan fingerprint density at radius 3 is 2.71 bits per heavy atom. The van der Waals surface area contributed by atoms with Crippen molar-refractivity contribution in [1.29, 1.82) is 0 Å². The van der Waals surface area contributed by atoms with Gasteiger partial charge in [0.2, 0.25) is 11.8 Å². The first-order valence-electron chi connectivity index (χ1n) is 6.94. The van der Waals surface area contributed by atoms with Crippen LogP contribution in [0.3, 0.4) is 0 Å². The van der Waals surface area contributed by atoms with Gasteiger partial charge >= 0.3 is 0 Å². The van der Waals surface area contributed by atoms with Gasteiger partial charge in [-0.3, -0.25) is 9.59 Å². The number of nitrogens with one attached hydrogen (secondary N) is 1. The van der Waals surface area contributed by atoms with Crippen molar-refractivity contribution in [3.05, 3.63) is 28.2 Å². The molecular weight excluding hydrogens is 311 g/mol. The Bertz CT molecular complexity index is 561. The molecule has 0 aliphatic carbocycles. The molecule has 1 heterocycles. The van der Waals surface area contributed by atoms with Gasteiger partial charge in [-0.05, 0) is 30.5 Å². The zero-order valence-electron chi connectivity index (χ0n) is 12.0. The number of amides is 2. The van der Waals surface area contributed by atoms with E-state index < -0.39 is 6.04 Å². The van der Waals surface area contributed by atoms with Gasteiger partial charge in [0.1, 0.15) is 6.04 Å². The van der Waals surface area contributed by atoms with Crippen molar-refractivity contribution in [3.63, 3.8) is 0 Å². The molecule has 2 rings (SSSR count). The van der Waals surface area contributed by atoms with E-state index in [0.717, 1.165) is 0 Å². The minimum absolute atomic E-state index is 0.116. The van der Waals surface area contributed by atoms with Crippen molar-refractivity contribution in [2.24, 2.45) is 5.92 Å². The van der Waals surface area contributed by atoms with Crippen molar-refractivity contribution >= 4 is 40.7 Å². The van der Waals surface area contributed by atoms with Crippen LogP contribution in [-0.2, 0) is 9.59 Å². The summed E-state index contributed by atoms with van der Waals surface area (Å²) in [4.78, 5) is 26.1. The van der Waals surface area contributed by atoms with Gasteiger partial charge in [-0.25, -0.2) is 0 Å². The lowest BCUT2D eigenvalue weighted by atomic mass is 10.0. The van der Waals surface area contributed by atoms with Gasteiger partial charge in [0, 0.05) is 18.0 Å². The number of carbonyl (C=O) groups is 2. The maximum Gasteiger partial charge on any atom is 0.249 e. The fraction of sp³-hybridized carbons (Fsp3) is 0.467. The van der Waals surface area contributed by atoms with Crippen LogP contribution < -0.4 is 10.2 Å². The van der Waals surface area contributed by atoms with Crippen LogP contribution in [0.2, 0.25) is 10.0 Å². The third kappa shape index (κ3) is 3.89. The van der Waals surface area contributed by atoms with E-state index >= 15 is 0 Å². The van der Waals surface area contributed by atoms with Crippen molar-refractivity contribution in [3.8, 4) is 0 Å². The van der Waals surface area contributed by atoms with Crippen LogP contribution in [0.15, 0.2) is 18.2 Å². The number of anilines is 1. The molecule has 0 bridgehead atoms. The molecule has 2 amide bonds. The molecule has 1 aromatic carbocycles. The fourth-order valence-corrected chi connectivity index (χ4v) is 2.79. The van der Waals surface area contributed by atoms with Crippen LogP contribution in [0.25, 0.3) is 0 Å². The highest BCUT2D eigenvalue weighted by Crippen LogP contribution is 2.30. The van der Waals surface area contributed by atoms with Crippen molar-refractivity contribution in [1.82, 2.24) is 5.32 Å². The Hall–Kier alpha value is -1.26. The molecule has 1 unspecified atom stereocenters. The number of benzene rings is 1. The number of halogens is 2. The monoisotopic (exact) mass is 328 g/mol. The van der Waals surface area contributed by atoms with Gasteiger partial charge in [0.05, 0.1) is 10.7 Å². The van der Waals surface area contributed by atoms with Gasteiger partial charge in [-0.2, -0.15) is 0 Å². The highest BCUT2D eigenvalue weighted by Gasteiger charge is 2.32. The first-order valence-corrected chi connectivity index (χ1v) is 7.70. The first-order chi connectivity index (χ1) is 9.88. The second kappa shape index (κ2) is 6.67. The summed E-state index contributed by atoms with van der Waals surface area (Å²) in [5.74, 6) is 0.0439. The molecule has 6 heteroatoms. The Labute approximate surface area is 134 Å². The molecule has 1 atom stereocenters. The van der Waals surface area contributed by atoms with E-state index in [1.165, 1.54) is 0 Å². The SMILES string of the molecule is CC(C)CC1NC(=O)CCN(c2cc(Cl)ccc2Cl)C1=O. The van der Waals surface area contributed by atoms with E-state index in [-0.39, 0.29) is 18.2 Å². The third-order valence-electron chi connectivity index (χ3n) is 3.37. The molecule has 1 aromatic rings. The van der Waals surface area contributed by atoms with Crippen molar-refractivity contribution in [2.45, 2.75) is 32.7 Å². The highest BCUT2D eigenvalue weighted by molar-refractivity contribution is 6.35. The summed E-state index contributed by atoms with van der Waals surface area (Å²) >= 11 is 12.2. The average molecular weight is 329 g/mol. The van der Waals surface area contributed by atoms with Gasteiger partial charge in [-0.15, -0.1) is 0 Å². The minimum Gasteiger partial charge on any atom is -0.344 e. The first kappa shape index (κ1) is 16.1. The standard InChI is InChI=1S/C15H18Cl2N2O2/c1-9(2)7-12-15(21)19(6-5-14(20)18-12)13-8-10(16)3-4-11(13)17/h3-4,8-9,12H,5-7H2,1-2H3,(H,18,20). The van der Waals surface area contributed by atoms with E-state index in [1.54, 1.807) is 23.1 Å². The average Bonchev–Trinajstić information content (AvgIpc) is 2.53. The molecule has 0 saturated carbocycles. The number of carbonyl (C=O) groups excluding carboxylic acids is 2. The Balaban J connectivity index is 2.35. The van der Waals surface area contributed by atoms with Gasteiger partial charge in [0.25, 0.3) is 0 Å². The summed E-state index contributed by atoms with van der Waals surface area (Å²) in [5.41, 5.74) is 0.555. The summed E-state index contributed by atoms with van der Waals surface area (Å²) < 4.78 is 0. The highest BCUT2D eigenvalue weighted by atomic mass is 35.5. The van der Waals surface area contributed by atoms with Crippen LogP contribution >= 0.6 is 23.2 Å². The summed E-state index contributed by atoms with van der Waals surface area (Å²) in [6, 6.07) is 4.47. The van der Waals surface area contributed by atoms with Crippen LogP contribution in [0.4, 0.5) is 5.69 Å². The molecule has 21 heavy (non-hydrogen) atoms. The lowest BCUT2D eigenvalue weighted by molar-refractivity contribution is -0.125. The maximum atomic E-state index is 12.7. The summed E-state index contributed by atoms with van der Waals surface area (Å²) in [7, 11) is 0. The molecular formula is C15H18Cl2N2O2. The third-order valence-corrected chi connectivity index (χ3v) is 3.92. The molecule has 1 saturated heterocycles. The molecule has 0 radical (unpaired) electrons. The molecule has 0 aromatic heterocycles. The number of hydrogen-bond donors (Lipinski definition) is 1. The number of nitrogens with zero attached hydrogens (tertiary/aromatic N) is 1. The quantitative estimate of drug-likeness (QED) is 0.925. The maximum absolute atomic E-state index is 12.7. The zero-order valence-corrected chi connectivity index (χ0v) is 13.5. The van der Waals surface area contributed by atoms with Gasteiger partial charge < -0.3 is 10.2 Å². The summed E-state index contributed by atoms with van der Waals surface area (Å²) in [5, 5.41) is 3.74. The Morgan fingerprint density at radius 1 is 1.33 bits per heavy atom. The van der Waals surface area contributed by atoms with Crippen LogP contribution in [0.5, 0.6) is 0 Å². The Kier molecular flexibility index (Phi) is 5.12. The van der Waals surface area contributed by atoms with Crippen molar-refractivity contribution in [2.75, 3.05) is 11.4 Å². The largest absolute Gasteiger partial charge is 0.344 e. The molecule has 4 nitrogen and oxygen atoms in total.